The van der Waals surface area contributed by atoms with Crippen LogP contribution < -0.4 is 0 Å². The van der Waals surface area contributed by atoms with Gasteiger partial charge < -0.3 is 4.74 Å². The lowest BCUT2D eigenvalue weighted by Crippen LogP contribution is -2.15. The number of Topliss-reactive ketones (excluding diaryl/α,β-unsaturated/α-hetero) is 1. The zero-order chi connectivity index (χ0) is 20.4. The molecule has 4 rings (SSSR count). The summed E-state index contributed by atoms with van der Waals surface area (Å²) in [5.74, 6) is -0.870. The summed E-state index contributed by atoms with van der Waals surface area (Å²) in [6.45, 7) is 3.44. The van der Waals surface area contributed by atoms with Crippen LogP contribution in [0.15, 0.2) is 67.0 Å². The first-order valence-corrected chi connectivity index (χ1v) is 9.20. The number of hydrogen-bond donors (Lipinski definition) is 0. The second-order valence-electron chi connectivity index (χ2n) is 6.81. The molecule has 0 atom stereocenters. The van der Waals surface area contributed by atoms with Gasteiger partial charge in [-0.2, -0.15) is 5.10 Å². The Balaban J connectivity index is 1.57. The van der Waals surface area contributed by atoms with Crippen molar-refractivity contribution in [2.45, 2.75) is 13.8 Å². The van der Waals surface area contributed by atoms with Crippen LogP contribution in [-0.2, 0) is 4.74 Å². The summed E-state index contributed by atoms with van der Waals surface area (Å²) in [5.41, 5.74) is 4.75. The van der Waals surface area contributed by atoms with Gasteiger partial charge in [-0.15, -0.1) is 0 Å². The van der Waals surface area contributed by atoms with E-state index < -0.39 is 5.97 Å². The maximum atomic E-state index is 12.6. The highest BCUT2D eigenvalue weighted by Gasteiger charge is 2.19. The lowest BCUT2D eigenvalue weighted by atomic mass is 10.0. The van der Waals surface area contributed by atoms with E-state index in [1.54, 1.807) is 16.8 Å². The van der Waals surface area contributed by atoms with Gasteiger partial charge in [-0.1, -0.05) is 48.0 Å². The Morgan fingerprint density at radius 1 is 1.00 bits per heavy atom. The predicted octanol–water partition coefficient (Wildman–Crippen LogP) is 4.05. The molecule has 4 aromatic rings. The quantitative estimate of drug-likeness (QED) is 0.383. The largest absolute Gasteiger partial charge is 0.454 e. The van der Waals surface area contributed by atoms with Gasteiger partial charge in [-0.3, -0.25) is 4.79 Å². The van der Waals surface area contributed by atoms with Crippen LogP contribution >= 0.6 is 0 Å². The zero-order valence-electron chi connectivity index (χ0n) is 16.1. The topological polar surface area (TPSA) is 73.6 Å². The Kier molecular flexibility index (Phi) is 4.91. The van der Waals surface area contributed by atoms with Gasteiger partial charge in [0.25, 0.3) is 0 Å². The fourth-order valence-electron chi connectivity index (χ4n) is 3.19. The first-order chi connectivity index (χ1) is 14.0. The average Bonchev–Trinajstić information content (AvgIpc) is 3.18. The monoisotopic (exact) mass is 385 g/mol. The van der Waals surface area contributed by atoms with Crippen LogP contribution in [0.3, 0.4) is 0 Å². The van der Waals surface area contributed by atoms with Gasteiger partial charge in [0.05, 0.1) is 11.9 Å². The minimum Gasteiger partial charge on any atom is -0.454 e. The van der Waals surface area contributed by atoms with Crippen LogP contribution in [0.2, 0.25) is 0 Å². The number of ketones is 1. The molecule has 0 saturated carbocycles. The molecule has 2 aromatic carbocycles. The Morgan fingerprint density at radius 3 is 2.59 bits per heavy atom. The van der Waals surface area contributed by atoms with Crippen molar-refractivity contribution in [3.05, 3.63) is 89.2 Å². The van der Waals surface area contributed by atoms with E-state index in [2.05, 4.69) is 10.1 Å². The molecule has 0 saturated heterocycles. The lowest BCUT2D eigenvalue weighted by Gasteiger charge is -2.07. The second-order valence-corrected chi connectivity index (χ2v) is 6.81. The second kappa shape index (κ2) is 7.67. The number of aryl methyl sites for hydroxylation is 2. The summed E-state index contributed by atoms with van der Waals surface area (Å²) in [5, 5.41) is 4.30. The van der Waals surface area contributed by atoms with Crippen LogP contribution in [0.5, 0.6) is 0 Å². The molecule has 0 aliphatic heterocycles. The number of esters is 1. The highest BCUT2D eigenvalue weighted by molar-refractivity contribution is 6.01. The molecule has 0 unspecified atom stereocenters. The molecule has 0 aliphatic carbocycles. The molecule has 0 amide bonds. The fourth-order valence-corrected chi connectivity index (χ4v) is 3.19. The number of carbonyl (C=O) groups excluding carboxylic acids is 2. The van der Waals surface area contributed by atoms with Gasteiger partial charge in [0.1, 0.15) is 5.56 Å². The summed E-state index contributed by atoms with van der Waals surface area (Å²) in [6.07, 6.45) is 3.04. The number of fused-ring (bicyclic) bond motifs is 1. The predicted molar refractivity (Wildman–Crippen MR) is 109 cm³/mol. The van der Waals surface area contributed by atoms with E-state index in [-0.39, 0.29) is 18.0 Å². The molecule has 2 heterocycles. The van der Waals surface area contributed by atoms with Crippen molar-refractivity contribution in [3.8, 4) is 11.3 Å². The minimum absolute atomic E-state index is 0.219. The Morgan fingerprint density at radius 2 is 1.79 bits per heavy atom. The van der Waals surface area contributed by atoms with E-state index in [0.29, 0.717) is 11.2 Å². The number of ether oxygens (including phenoxy) is 1. The first kappa shape index (κ1) is 18.6. The van der Waals surface area contributed by atoms with Crippen molar-refractivity contribution in [1.29, 1.82) is 0 Å². The van der Waals surface area contributed by atoms with Crippen LogP contribution in [0, 0.1) is 13.8 Å². The van der Waals surface area contributed by atoms with E-state index >= 15 is 0 Å². The SMILES string of the molecule is Cc1ccc(C)c(C(=O)COC(=O)c2cnn3c(-c4ccccc4)ccnc23)c1. The van der Waals surface area contributed by atoms with E-state index in [1.165, 1.54) is 6.20 Å². The van der Waals surface area contributed by atoms with Crippen LogP contribution in [0.4, 0.5) is 0 Å². The summed E-state index contributed by atoms with van der Waals surface area (Å²) in [7, 11) is 0. The Bertz CT molecular complexity index is 1210. The van der Waals surface area contributed by atoms with E-state index in [4.69, 9.17) is 4.74 Å². The molecule has 0 N–H and O–H groups in total. The van der Waals surface area contributed by atoms with Gasteiger partial charge in [0.15, 0.2) is 12.3 Å². The molecule has 2 aromatic heterocycles. The molecule has 0 bridgehead atoms. The van der Waals surface area contributed by atoms with Crippen LogP contribution in [0.25, 0.3) is 16.9 Å². The fraction of sp³-hybridized carbons (Fsp3) is 0.130. The number of hydrogen-bond acceptors (Lipinski definition) is 5. The highest BCUT2D eigenvalue weighted by atomic mass is 16.5. The van der Waals surface area contributed by atoms with E-state index in [0.717, 1.165) is 22.4 Å². The van der Waals surface area contributed by atoms with Crippen molar-refractivity contribution >= 4 is 17.4 Å². The number of rotatable bonds is 5. The number of nitrogens with zero attached hydrogens (tertiary/aromatic N) is 3. The highest BCUT2D eigenvalue weighted by Crippen LogP contribution is 2.21. The van der Waals surface area contributed by atoms with Crippen molar-refractivity contribution in [2.75, 3.05) is 6.61 Å². The zero-order valence-corrected chi connectivity index (χ0v) is 16.1. The molecule has 6 heteroatoms. The summed E-state index contributed by atoms with van der Waals surface area (Å²) < 4.78 is 6.87. The van der Waals surface area contributed by atoms with Crippen molar-refractivity contribution in [2.24, 2.45) is 0 Å². The maximum Gasteiger partial charge on any atom is 0.344 e. The van der Waals surface area contributed by atoms with Gasteiger partial charge in [0, 0.05) is 17.3 Å². The van der Waals surface area contributed by atoms with Crippen LogP contribution in [-0.4, -0.2) is 33.0 Å². The molecule has 6 nitrogen and oxygen atoms in total. The third-order valence-corrected chi connectivity index (χ3v) is 4.72. The average molecular weight is 385 g/mol. The smallest absolute Gasteiger partial charge is 0.344 e. The molecule has 0 spiro atoms. The van der Waals surface area contributed by atoms with Crippen molar-refractivity contribution in [1.82, 2.24) is 14.6 Å². The van der Waals surface area contributed by atoms with Gasteiger partial charge >= 0.3 is 5.97 Å². The Labute approximate surface area is 167 Å². The molecular formula is C23H19N3O3. The maximum absolute atomic E-state index is 12.6. The van der Waals surface area contributed by atoms with Gasteiger partial charge in [-0.05, 0) is 31.5 Å². The van der Waals surface area contributed by atoms with E-state index in [9.17, 15) is 9.59 Å². The van der Waals surface area contributed by atoms with Crippen LogP contribution in [0.1, 0.15) is 31.8 Å². The molecule has 0 fully saturated rings. The third-order valence-electron chi connectivity index (χ3n) is 4.72. The first-order valence-electron chi connectivity index (χ1n) is 9.20. The minimum atomic E-state index is -0.628. The third kappa shape index (κ3) is 3.65. The van der Waals surface area contributed by atoms with Gasteiger partial charge in [-0.25, -0.2) is 14.3 Å². The van der Waals surface area contributed by atoms with Crippen molar-refractivity contribution in [3.63, 3.8) is 0 Å². The molecule has 29 heavy (non-hydrogen) atoms. The number of aromatic nitrogens is 3. The standard InChI is InChI=1S/C23H19N3O3/c1-15-8-9-16(2)18(12-15)21(27)14-29-23(28)19-13-25-26-20(10-11-24-22(19)26)17-6-4-3-5-7-17/h3-13H,14H2,1-2H3. The molecule has 144 valence electrons. The normalized spacial score (nSPS) is 10.8. The number of carbonyl (C=O) groups is 2. The molecule has 0 radical (unpaired) electrons. The van der Waals surface area contributed by atoms with Crippen molar-refractivity contribution < 1.29 is 14.3 Å². The summed E-state index contributed by atoms with van der Waals surface area (Å²) in [6, 6.07) is 17.1. The summed E-state index contributed by atoms with van der Waals surface area (Å²) >= 11 is 0. The lowest BCUT2D eigenvalue weighted by molar-refractivity contribution is 0.0476. The Hall–Kier alpha value is -3.80. The summed E-state index contributed by atoms with van der Waals surface area (Å²) in [4.78, 5) is 29.3. The molecular weight excluding hydrogens is 366 g/mol. The molecule has 0 aliphatic rings. The van der Waals surface area contributed by atoms with E-state index in [1.807, 2.05) is 62.4 Å². The van der Waals surface area contributed by atoms with Gasteiger partial charge in [0.2, 0.25) is 5.78 Å². The number of benzene rings is 2.